The van der Waals surface area contributed by atoms with Crippen LogP contribution in [0.25, 0.3) is 11.3 Å². The van der Waals surface area contributed by atoms with Crippen LogP contribution in [0.15, 0.2) is 60.8 Å². The lowest BCUT2D eigenvalue weighted by atomic mass is 10.0. The third kappa shape index (κ3) is 4.22. The molecule has 0 atom stereocenters. The summed E-state index contributed by atoms with van der Waals surface area (Å²) >= 11 is 0. The number of esters is 1. The first-order valence-electron chi connectivity index (χ1n) is 9.44. The van der Waals surface area contributed by atoms with Gasteiger partial charge in [0.25, 0.3) is 0 Å². The van der Waals surface area contributed by atoms with Gasteiger partial charge in [-0.2, -0.15) is 0 Å². The number of phenolic OH excluding ortho intramolecular Hbond substituents is 1. The van der Waals surface area contributed by atoms with Crippen LogP contribution in [0.4, 0.5) is 0 Å². The number of ether oxygens (including phenoxy) is 2. The fourth-order valence-electron chi connectivity index (χ4n) is 3.49. The molecule has 2 aromatic carbocycles. The van der Waals surface area contributed by atoms with Crippen molar-refractivity contribution in [2.24, 2.45) is 0 Å². The van der Waals surface area contributed by atoms with E-state index in [0.717, 1.165) is 28.9 Å². The minimum absolute atomic E-state index is 0.132. The molecule has 6 heteroatoms. The second kappa shape index (κ2) is 8.32. The van der Waals surface area contributed by atoms with Gasteiger partial charge in [-0.05, 0) is 42.0 Å². The van der Waals surface area contributed by atoms with E-state index in [9.17, 15) is 9.90 Å². The average molecular weight is 390 g/mol. The maximum Gasteiger partial charge on any atom is 0.337 e. The molecule has 1 aliphatic rings. The molecule has 1 aromatic heterocycles. The number of pyridine rings is 1. The molecule has 0 radical (unpaired) electrons. The van der Waals surface area contributed by atoms with Crippen molar-refractivity contribution in [1.82, 2.24) is 9.88 Å². The van der Waals surface area contributed by atoms with E-state index in [-0.39, 0.29) is 11.7 Å². The first-order valence-corrected chi connectivity index (χ1v) is 9.44. The zero-order chi connectivity index (χ0) is 20.2. The third-order valence-corrected chi connectivity index (χ3v) is 4.94. The lowest BCUT2D eigenvalue weighted by Gasteiger charge is -2.19. The van der Waals surface area contributed by atoms with Crippen LogP contribution in [-0.4, -0.2) is 41.2 Å². The average Bonchev–Trinajstić information content (AvgIpc) is 2.96. The first-order chi connectivity index (χ1) is 14.1. The summed E-state index contributed by atoms with van der Waals surface area (Å²) < 4.78 is 10.6. The molecule has 29 heavy (non-hydrogen) atoms. The molecule has 1 aliphatic heterocycles. The van der Waals surface area contributed by atoms with Gasteiger partial charge in [0.15, 0.2) is 11.5 Å². The van der Waals surface area contributed by atoms with Crippen molar-refractivity contribution in [3.05, 3.63) is 77.5 Å². The van der Waals surface area contributed by atoms with Gasteiger partial charge >= 0.3 is 5.97 Å². The number of methoxy groups -OCH3 is 1. The van der Waals surface area contributed by atoms with Crippen molar-refractivity contribution in [2.45, 2.75) is 13.1 Å². The zero-order valence-electron chi connectivity index (χ0n) is 16.2. The summed E-state index contributed by atoms with van der Waals surface area (Å²) in [5.41, 5.74) is 4.21. The van der Waals surface area contributed by atoms with Crippen LogP contribution in [-0.2, 0) is 17.8 Å². The molecule has 3 aromatic rings. The Labute approximate surface area is 169 Å². The molecule has 0 amide bonds. The Hall–Kier alpha value is -3.38. The number of benzene rings is 2. The van der Waals surface area contributed by atoms with Gasteiger partial charge in [0.05, 0.1) is 18.4 Å². The summed E-state index contributed by atoms with van der Waals surface area (Å²) in [6.45, 7) is 2.57. The molecule has 148 valence electrons. The van der Waals surface area contributed by atoms with Crippen molar-refractivity contribution >= 4 is 5.97 Å². The number of hydrogen-bond acceptors (Lipinski definition) is 6. The Morgan fingerprint density at radius 1 is 1.21 bits per heavy atom. The predicted molar refractivity (Wildman–Crippen MR) is 109 cm³/mol. The van der Waals surface area contributed by atoms with E-state index in [0.29, 0.717) is 31.0 Å². The minimum Gasteiger partial charge on any atom is -0.504 e. The summed E-state index contributed by atoms with van der Waals surface area (Å²) in [7, 11) is 1.37. The number of rotatable bonds is 4. The van der Waals surface area contributed by atoms with Gasteiger partial charge in [-0.25, -0.2) is 4.79 Å². The molecule has 0 unspecified atom stereocenters. The van der Waals surface area contributed by atoms with Crippen LogP contribution in [0.1, 0.15) is 21.5 Å². The molecule has 0 fully saturated rings. The van der Waals surface area contributed by atoms with Crippen LogP contribution in [0, 0.1) is 0 Å². The van der Waals surface area contributed by atoms with Gasteiger partial charge in [0.2, 0.25) is 0 Å². The molecule has 0 aliphatic carbocycles. The Bertz CT molecular complexity index is 1000. The van der Waals surface area contributed by atoms with Gasteiger partial charge in [-0.15, -0.1) is 0 Å². The summed E-state index contributed by atoms with van der Waals surface area (Å²) in [5, 5.41) is 10.5. The van der Waals surface area contributed by atoms with Gasteiger partial charge in [0.1, 0.15) is 6.61 Å². The second-order valence-electron chi connectivity index (χ2n) is 6.95. The molecular weight excluding hydrogens is 368 g/mol. The van der Waals surface area contributed by atoms with Crippen LogP contribution < -0.4 is 4.74 Å². The summed E-state index contributed by atoms with van der Waals surface area (Å²) in [6.07, 6.45) is 1.73. The van der Waals surface area contributed by atoms with Crippen LogP contribution in [0.3, 0.4) is 0 Å². The predicted octanol–water partition coefficient (Wildman–Crippen LogP) is 3.64. The normalized spacial score (nSPS) is 13.8. The standard InChI is InChI=1S/C23H22N2O4/c1-28-23(27)17-7-5-16(6-8-17)14-25-10-11-29-22-19(15-25)12-18(13-21(22)26)20-4-2-3-9-24-20/h2-9,12-13,26H,10-11,14-15H2,1H3. The lowest BCUT2D eigenvalue weighted by molar-refractivity contribution is 0.0600. The van der Waals surface area contributed by atoms with Crippen molar-refractivity contribution < 1.29 is 19.4 Å². The van der Waals surface area contributed by atoms with Gasteiger partial charge < -0.3 is 14.6 Å². The third-order valence-electron chi connectivity index (χ3n) is 4.94. The molecule has 0 saturated carbocycles. The summed E-state index contributed by atoms with van der Waals surface area (Å²) in [6, 6.07) is 16.8. The Morgan fingerprint density at radius 2 is 2.03 bits per heavy atom. The number of aromatic hydroxyl groups is 1. The molecule has 6 nitrogen and oxygen atoms in total. The topological polar surface area (TPSA) is 71.9 Å². The minimum atomic E-state index is -0.342. The van der Waals surface area contributed by atoms with E-state index in [1.54, 1.807) is 24.4 Å². The highest BCUT2D eigenvalue weighted by Crippen LogP contribution is 2.37. The van der Waals surface area contributed by atoms with Crippen LogP contribution in [0.2, 0.25) is 0 Å². The number of carbonyl (C=O) groups is 1. The fourth-order valence-corrected chi connectivity index (χ4v) is 3.49. The largest absolute Gasteiger partial charge is 0.504 e. The molecule has 0 bridgehead atoms. The van der Waals surface area contributed by atoms with E-state index < -0.39 is 0 Å². The van der Waals surface area contributed by atoms with Crippen molar-refractivity contribution in [3.63, 3.8) is 0 Å². The van der Waals surface area contributed by atoms with Crippen molar-refractivity contribution in [1.29, 1.82) is 0 Å². The highest BCUT2D eigenvalue weighted by Gasteiger charge is 2.20. The maximum atomic E-state index is 11.6. The number of hydrogen-bond donors (Lipinski definition) is 1. The van der Waals surface area contributed by atoms with E-state index in [2.05, 4.69) is 9.88 Å². The van der Waals surface area contributed by atoms with E-state index in [1.165, 1.54) is 7.11 Å². The van der Waals surface area contributed by atoms with Crippen LogP contribution in [0.5, 0.6) is 11.5 Å². The molecule has 1 N–H and O–H groups in total. The lowest BCUT2D eigenvalue weighted by Crippen LogP contribution is -2.25. The van der Waals surface area contributed by atoms with Crippen molar-refractivity contribution in [3.8, 4) is 22.8 Å². The van der Waals surface area contributed by atoms with E-state index in [1.807, 2.05) is 36.4 Å². The molecule has 2 heterocycles. The molecular formula is C23H22N2O4. The SMILES string of the molecule is COC(=O)c1ccc(CN2CCOc3c(O)cc(-c4ccccn4)cc3C2)cc1. The quantitative estimate of drug-likeness (QED) is 0.686. The van der Waals surface area contributed by atoms with E-state index in [4.69, 9.17) is 9.47 Å². The van der Waals surface area contributed by atoms with Gasteiger partial charge in [0, 0.05) is 37.0 Å². The van der Waals surface area contributed by atoms with Gasteiger partial charge in [-0.3, -0.25) is 9.88 Å². The van der Waals surface area contributed by atoms with E-state index >= 15 is 0 Å². The zero-order valence-corrected chi connectivity index (χ0v) is 16.2. The fraction of sp³-hybridized carbons (Fsp3) is 0.217. The number of phenols is 1. The number of fused-ring (bicyclic) bond motifs is 1. The van der Waals surface area contributed by atoms with Crippen molar-refractivity contribution in [2.75, 3.05) is 20.3 Å². The number of carbonyl (C=O) groups excluding carboxylic acids is 1. The maximum absolute atomic E-state index is 11.6. The summed E-state index contributed by atoms with van der Waals surface area (Å²) in [5.74, 6) is 0.326. The Morgan fingerprint density at radius 3 is 2.76 bits per heavy atom. The second-order valence-corrected chi connectivity index (χ2v) is 6.95. The first kappa shape index (κ1) is 19.0. The highest BCUT2D eigenvalue weighted by molar-refractivity contribution is 5.89. The van der Waals surface area contributed by atoms with Crippen LogP contribution >= 0.6 is 0 Å². The Kier molecular flexibility index (Phi) is 5.44. The molecule has 0 saturated heterocycles. The van der Waals surface area contributed by atoms with Gasteiger partial charge in [-0.1, -0.05) is 18.2 Å². The number of aromatic nitrogens is 1. The molecule has 0 spiro atoms. The monoisotopic (exact) mass is 390 g/mol. The number of nitrogens with zero attached hydrogens (tertiary/aromatic N) is 2. The summed E-state index contributed by atoms with van der Waals surface area (Å²) in [4.78, 5) is 18.2. The molecule has 4 rings (SSSR count). The highest BCUT2D eigenvalue weighted by atomic mass is 16.5. The smallest absolute Gasteiger partial charge is 0.337 e. The Balaban J connectivity index is 1.56.